The van der Waals surface area contributed by atoms with Crippen molar-refractivity contribution in [2.45, 2.75) is 6.42 Å². The highest BCUT2D eigenvalue weighted by atomic mass is 16.5. The van der Waals surface area contributed by atoms with E-state index in [0.717, 1.165) is 74.7 Å². The summed E-state index contributed by atoms with van der Waals surface area (Å²) in [7, 11) is 0. The van der Waals surface area contributed by atoms with Crippen LogP contribution in [0.15, 0.2) is 162 Å². The maximum atomic E-state index is 6.24. The first kappa shape index (κ1) is 26.1. The van der Waals surface area contributed by atoms with E-state index in [-0.39, 0.29) is 0 Å². The smallest absolute Gasteiger partial charge is 0.248 e. The fourth-order valence-electron chi connectivity index (χ4n) is 6.07. The van der Waals surface area contributed by atoms with Gasteiger partial charge in [0, 0.05) is 22.5 Å². The summed E-state index contributed by atoms with van der Waals surface area (Å²) in [6.07, 6.45) is 9.26. The summed E-state index contributed by atoms with van der Waals surface area (Å²) < 4.78 is 18.6. The summed E-state index contributed by atoms with van der Waals surface area (Å²) in [6.45, 7) is 0. The summed E-state index contributed by atoms with van der Waals surface area (Å²) in [5.74, 6) is 4.19. The average Bonchev–Trinajstić information content (AvgIpc) is 3.49. The largest absolute Gasteiger partial charge is 0.453 e. The van der Waals surface area contributed by atoms with E-state index in [0.29, 0.717) is 11.8 Å². The molecule has 0 amide bonds. The lowest BCUT2D eigenvalue weighted by Crippen LogP contribution is -2.22. The number of aromatic nitrogens is 2. The van der Waals surface area contributed by atoms with Gasteiger partial charge in [0.2, 0.25) is 11.8 Å². The Labute approximate surface area is 265 Å². The highest BCUT2D eigenvalue weighted by molar-refractivity contribution is 5.86. The van der Waals surface area contributed by atoms with Crippen molar-refractivity contribution in [2.24, 2.45) is 0 Å². The first-order valence-electron chi connectivity index (χ1n) is 15.1. The van der Waals surface area contributed by atoms with Gasteiger partial charge in [0.25, 0.3) is 0 Å². The van der Waals surface area contributed by atoms with E-state index in [1.165, 1.54) is 0 Å². The third-order valence-corrected chi connectivity index (χ3v) is 8.24. The first-order valence-corrected chi connectivity index (χ1v) is 15.1. The maximum Gasteiger partial charge on any atom is 0.248 e. The molecule has 5 aromatic carbocycles. The Bertz CT molecular complexity index is 2150. The van der Waals surface area contributed by atoms with E-state index in [1.807, 2.05) is 84.9 Å². The average molecular weight is 599 g/mol. The Balaban J connectivity index is 1.00. The monoisotopic (exact) mass is 598 g/mol. The second-order valence-corrected chi connectivity index (χ2v) is 11.1. The number of fused-ring (bicyclic) bond motifs is 3. The van der Waals surface area contributed by atoms with Crippen LogP contribution in [0.25, 0.3) is 22.9 Å². The van der Waals surface area contributed by atoms with Gasteiger partial charge in [-0.25, -0.2) is 0 Å². The molecule has 0 fully saturated rings. The molecule has 46 heavy (non-hydrogen) atoms. The van der Waals surface area contributed by atoms with E-state index >= 15 is 0 Å². The Hall–Kier alpha value is -6.34. The summed E-state index contributed by atoms with van der Waals surface area (Å²) in [6, 6.07) is 40.5. The van der Waals surface area contributed by atoms with Crippen molar-refractivity contribution < 1.29 is 13.9 Å². The van der Waals surface area contributed by atoms with Crippen LogP contribution in [0.1, 0.15) is 6.42 Å². The minimum Gasteiger partial charge on any atom is -0.453 e. The standard InChI is InChI=1S/C39H26N4O3/c1-2-10-30-34(14-3-1)44-35-15-7-4-11-31(35)42(30)28-22-18-26(19-23-28)38-40-41-39(46-38)27-20-24-29(25-21-27)43-32-12-5-8-16-36(32)45-37-17-9-6-13-33(37)43/h2-25H,1H2. The predicted molar refractivity (Wildman–Crippen MR) is 179 cm³/mol. The molecule has 0 N–H and O–H groups in total. The quantitative estimate of drug-likeness (QED) is 0.200. The molecule has 0 radical (unpaired) electrons. The number of nitrogens with zero attached hydrogens (tertiary/aromatic N) is 4. The molecule has 0 saturated carbocycles. The number of benzene rings is 5. The van der Waals surface area contributed by atoms with Crippen LogP contribution in [0.2, 0.25) is 0 Å². The van der Waals surface area contributed by atoms with Crippen LogP contribution in [0.5, 0.6) is 17.2 Å². The van der Waals surface area contributed by atoms with Crippen LogP contribution in [-0.2, 0) is 0 Å². The molecule has 1 aliphatic carbocycles. The topological polar surface area (TPSA) is 63.9 Å². The Morgan fingerprint density at radius 1 is 0.478 bits per heavy atom. The number of allylic oxidation sites excluding steroid dienone is 4. The molecule has 9 rings (SSSR count). The second-order valence-electron chi connectivity index (χ2n) is 11.1. The van der Waals surface area contributed by atoms with Crippen LogP contribution in [0.3, 0.4) is 0 Å². The second kappa shape index (κ2) is 10.7. The molecule has 2 aliphatic heterocycles. The fourth-order valence-corrected chi connectivity index (χ4v) is 6.07. The van der Waals surface area contributed by atoms with Crippen molar-refractivity contribution >= 4 is 28.4 Å². The molecule has 0 saturated heterocycles. The number of ether oxygens (including phenoxy) is 2. The molecule has 1 aromatic heterocycles. The molecule has 0 unspecified atom stereocenters. The van der Waals surface area contributed by atoms with Gasteiger partial charge < -0.3 is 23.7 Å². The molecular weight excluding hydrogens is 572 g/mol. The van der Waals surface area contributed by atoms with Crippen molar-refractivity contribution in [1.82, 2.24) is 10.2 Å². The zero-order valence-electron chi connectivity index (χ0n) is 24.6. The number of hydrogen-bond acceptors (Lipinski definition) is 7. The summed E-state index contributed by atoms with van der Waals surface area (Å²) in [5.41, 5.74) is 7.64. The lowest BCUT2D eigenvalue weighted by Gasteiger charge is -2.33. The van der Waals surface area contributed by atoms with Gasteiger partial charge in [-0.05, 0) is 104 Å². The van der Waals surface area contributed by atoms with Crippen LogP contribution in [0, 0.1) is 0 Å². The van der Waals surface area contributed by atoms with Gasteiger partial charge in [-0.2, -0.15) is 0 Å². The fraction of sp³-hybridized carbons (Fsp3) is 0.0256. The molecule has 220 valence electrons. The first-order chi connectivity index (χ1) is 22.8. The summed E-state index contributed by atoms with van der Waals surface area (Å²) in [4.78, 5) is 4.42. The van der Waals surface area contributed by atoms with E-state index in [1.54, 1.807) is 0 Å². The molecule has 3 aliphatic rings. The third-order valence-electron chi connectivity index (χ3n) is 8.24. The highest BCUT2D eigenvalue weighted by Gasteiger charge is 2.27. The van der Waals surface area contributed by atoms with E-state index < -0.39 is 0 Å². The Morgan fingerprint density at radius 3 is 1.54 bits per heavy atom. The number of hydrogen-bond donors (Lipinski definition) is 0. The van der Waals surface area contributed by atoms with Crippen LogP contribution >= 0.6 is 0 Å². The minimum atomic E-state index is 0.459. The molecule has 0 bridgehead atoms. The zero-order chi connectivity index (χ0) is 30.5. The normalized spacial score (nSPS) is 14.4. The van der Waals surface area contributed by atoms with Crippen LogP contribution < -0.4 is 19.3 Å². The highest BCUT2D eigenvalue weighted by Crippen LogP contribution is 2.50. The van der Waals surface area contributed by atoms with E-state index in [2.05, 4.69) is 80.7 Å². The van der Waals surface area contributed by atoms with Crippen LogP contribution in [0.4, 0.5) is 28.4 Å². The molecule has 7 heteroatoms. The SMILES string of the molecule is C1=CC2=C(C=CC1)N(c1ccc(-c3nnc(-c4ccc(N5c6ccccc6Oc6ccccc65)cc4)o3)cc1)c1ccccc1O2. The van der Waals surface area contributed by atoms with Crippen LogP contribution in [-0.4, -0.2) is 10.2 Å². The molecule has 7 nitrogen and oxygen atoms in total. The van der Waals surface area contributed by atoms with Gasteiger partial charge in [0.15, 0.2) is 23.0 Å². The molecule has 6 aromatic rings. The van der Waals surface area contributed by atoms with Crippen molar-refractivity contribution in [1.29, 1.82) is 0 Å². The van der Waals surface area contributed by atoms with Crippen molar-refractivity contribution in [3.05, 3.63) is 157 Å². The third kappa shape index (κ3) is 4.37. The number of para-hydroxylation sites is 6. The number of rotatable bonds is 4. The van der Waals surface area contributed by atoms with Crippen molar-refractivity contribution in [3.8, 4) is 40.2 Å². The molecule has 0 atom stereocenters. The van der Waals surface area contributed by atoms with Gasteiger partial charge in [-0.1, -0.05) is 48.6 Å². The van der Waals surface area contributed by atoms with E-state index in [4.69, 9.17) is 13.9 Å². The van der Waals surface area contributed by atoms with Gasteiger partial charge >= 0.3 is 0 Å². The number of anilines is 5. The summed E-state index contributed by atoms with van der Waals surface area (Å²) >= 11 is 0. The van der Waals surface area contributed by atoms with Gasteiger partial charge in [-0.3, -0.25) is 0 Å². The predicted octanol–water partition coefficient (Wildman–Crippen LogP) is 10.2. The van der Waals surface area contributed by atoms with E-state index in [9.17, 15) is 0 Å². The Kier molecular flexibility index (Phi) is 6.06. The van der Waals surface area contributed by atoms with Gasteiger partial charge in [0.05, 0.1) is 22.8 Å². The van der Waals surface area contributed by atoms with Crippen molar-refractivity contribution in [3.63, 3.8) is 0 Å². The lowest BCUT2D eigenvalue weighted by atomic mass is 10.1. The Morgan fingerprint density at radius 2 is 0.957 bits per heavy atom. The lowest BCUT2D eigenvalue weighted by molar-refractivity contribution is 0.431. The summed E-state index contributed by atoms with van der Waals surface area (Å²) in [5, 5.41) is 8.77. The molecule has 3 heterocycles. The maximum absolute atomic E-state index is 6.24. The molecular formula is C39H26N4O3. The van der Waals surface area contributed by atoms with Gasteiger partial charge in [0.1, 0.15) is 0 Å². The molecule has 0 spiro atoms. The minimum absolute atomic E-state index is 0.459. The van der Waals surface area contributed by atoms with Crippen molar-refractivity contribution in [2.75, 3.05) is 9.80 Å². The zero-order valence-corrected chi connectivity index (χ0v) is 24.6. The van der Waals surface area contributed by atoms with Gasteiger partial charge in [-0.15, -0.1) is 10.2 Å².